The Morgan fingerprint density at radius 2 is 1.58 bits per heavy atom. The molecule has 2 aromatic rings. The van der Waals surface area contributed by atoms with Gasteiger partial charge in [-0.3, -0.25) is 0 Å². The zero-order valence-corrected chi connectivity index (χ0v) is 11.3. The quantitative estimate of drug-likeness (QED) is 0.753. The number of hydrogen-bond acceptors (Lipinski definition) is 1. The Balaban J connectivity index is 2.02. The molecule has 19 heavy (non-hydrogen) atoms. The molecule has 0 aromatic heterocycles. The Hall–Kier alpha value is -1.60. The largest absolute Gasteiger partial charge is 0.303 e. The molecule has 0 fully saturated rings. The van der Waals surface area contributed by atoms with E-state index in [2.05, 4.69) is 18.2 Å². The molecule has 0 saturated carbocycles. The molecule has 2 atom stereocenters. The summed E-state index contributed by atoms with van der Waals surface area (Å²) in [6.07, 6.45) is 2.79. The smallest absolute Gasteiger partial charge is 0.124 e. The van der Waals surface area contributed by atoms with Gasteiger partial charge in [-0.1, -0.05) is 54.1 Å². The molecule has 0 unspecified atom stereocenters. The molecule has 0 N–H and O–H groups in total. The maximum absolute atomic E-state index is 11.4. The Morgan fingerprint density at radius 1 is 0.947 bits per heavy atom. The molecule has 96 valence electrons. The number of carbonyl (C=O) groups is 1. The number of halogens is 1. The van der Waals surface area contributed by atoms with Crippen LogP contribution in [0.25, 0.3) is 0 Å². The summed E-state index contributed by atoms with van der Waals surface area (Å²) in [6, 6.07) is 16.2. The molecule has 1 aliphatic rings. The summed E-state index contributed by atoms with van der Waals surface area (Å²) in [5.41, 5.74) is 3.73. The second-order valence-corrected chi connectivity index (χ2v) is 5.51. The van der Waals surface area contributed by atoms with Crippen LogP contribution in [-0.4, -0.2) is 6.29 Å². The summed E-state index contributed by atoms with van der Waals surface area (Å²) in [7, 11) is 0. The van der Waals surface area contributed by atoms with Crippen molar-refractivity contribution in [1.82, 2.24) is 0 Å². The molecular weight excluding hydrogens is 256 g/mol. The van der Waals surface area contributed by atoms with Crippen LogP contribution in [0.4, 0.5) is 0 Å². The number of benzene rings is 2. The lowest BCUT2D eigenvalue weighted by Crippen LogP contribution is -2.25. The van der Waals surface area contributed by atoms with E-state index in [0.717, 1.165) is 29.7 Å². The van der Waals surface area contributed by atoms with E-state index in [-0.39, 0.29) is 11.8 Å². The van der Waals surface area contributed by atoms with Crippen molar-refractivity contribution < 1.29 is 4.79 Å². The second-order valence-electron chi connectivity index (χ2n) is 5.10. The number of aldehydes is 1. The summed E-state index contributed by atoms with van der Waals surface area (Å²) < 4.78 is 0. The standard InChI is InChI=1S/C17H15ClO/c18-17-8-4-3-7-15(17)16-10-13-6-2-1-5-12(13)9-14(16)11-19/h1-8,11,14,16H,9-10H2/t14-,16+/m1/s1. The van der Waals surface area contributed by atoms with Crippen molar-refractivity contribution in [3.63, 3.8) is 0 Å². The van der Waals surface area contributed by atoms with Gasteiger partial charge in [-0.25, -0.2) is 0 Å². The van der Waals surface area contributed by atoms with Crippen LogP contribution in [0, 0.1) is 5.92 Å². The van der Waals surface area contributed by atoms with Crippen LogP contribution in [0.1, 0.15) is 22.6 Å². The Morgan fingerprint density at radius 3 is 2.26 bits per heavy atom. The van der Waals surface area contributed by atoms with Crippen molar-refractivity contribution >= 4 is 17.9 Å². The lowest BCUT2D eigenvalue weighted by molar-refractivity contribution is -0.111. The lowest BCUT2D eigenvalue weighted by atomic mass is 9.73. The van der Waals surface area contributed by atoms with Crippen LogP contribution in [-0.2, 0) is 17.6 Å². The maximum Gasteiger partial charge on any atom is 0.124 e. The fraction of sp³-hybridized carbons (Fsp3) is 0.235. The number of hydrogen-bond donors (Lipinski definition) is 0. The van der Waals surface area contributed by atoms with Crippen molar-refractivity contribution in [1.29, 1.82) is 0 Å². The van der Waals surface area contributed by atoms with E-state index in [1.165, 1.54) is 11.1 Å². The number of fused-ring (bicyclic) bond motifs is 1. The summed E-state index contributed by atoms with van der Waals surface area (Å²) >= 11 is 6.29. The topological polar surface area (TPSA) is 17.1 Å². The third-order valence-electron chi connectivity index (χ3n) is 4.01. The Kier molecular flexibility index (Phi) is 3.39. The minimum absolute atomic E-state index is 0.0230. The van der Waals surface area contributed by atoms with E-state index < -0.39 is 0 Å². The number of rotatable bonds is 2. The van der Waals surface area contributed by atoms with Gasteiger partial charge < -0.3 is 4.79 Å². The fourth-order valence-electron chi connectivity index (χ4n) is 3.00. The minimum atomic E-state index is 0.0230. The van der Waals surface area contributed by atoms with Crippen LogP contribution >= 0.6 is 11.6 Å². The third kappa shape index (κ3) is 2.31. The van der Waals surface area contributed by atoms with Crippen molar-refractivity contribution in [2.24, 2.45) is 5.92 Å². The van der Waals surface area contributed by atoms with Gasteiger partial charge in [0.05, 0.1) is 0 Å². The zero-order chi connectivity index (χ0) is 13.2. The first-order valence-corrected chi connectivity index (χ1v) is 6.94. The highest BCUT2D eigenvalue weighted by molar-refractivity contribution is 6.31. The molecule has 0 heterocycles. The highest BCUT2D eigenvalue weighted by atomic mass is 35.5. The van der Waals surface area contributed by atoms with Gasteiger partial charge in [0, 0.05) is 10.9 Å². The molecule has 0 aliphatic heterocycles. The summed E-state index contributed by atoms with van der Waals surface area (Å²) in [4.78, 5) is 11.4. The number of carbonyl (C=O) groups excluding carboxylic acids is 1. The van der Waals surface area contributed by atoms with Crippen LogP contribution in [0.2, 0.25) is 5.02 Å². The molecule has 1 nitrogen and oxygen atoms in total. The predicted octanol–water partition coefficient (Wildman–Crippen LogP) is 4.04. The maximum atomic E-state index is 11.4. The molecule has 2 aromatic carbocycles. The normalized spacial score (nSPS) is 21.7. The van der Waals surface area contributed by atoms with Crippen molar-refractivity contribution in [2.75, 3.05) is 0 Å². The SMILES string of the molecule is O=C[C@H]1Cc2ccccc2C[C@@H]1c1ccccc1Cl. The van der Waals surface area contributed by atoms with Crippen LogP contribution in [0.5, 0.6) is 0 Å². The van der Waals surface area contributed by atoms with Gasteiger partial charge in [0.1, 0.15) is 6.29 Å². The van der Waals surface area contributed by atoms with E-state index in [9.17, 15) is 4.79 Å². The molecule has 2 heteroatoms. The van der Waals surface area contributed by atoms with Gasteiger partial charge in [0.15, 0.2) is 0 Å². The molecular formula is C17H15ClO. The molecule has 3 rings (SSSR count). The lowest BCUT2D eigenvalue weighted by Gasteiger charge is -2.30. The molecule has 0 saturated heterocycles. The van der Waals surface area contributed by atoms with E-state index in [4.69, 9.17) is 11.6 Å². The first-order valence-electron chi connectivity index (χ1n) is 6.56. The van der Waals surface area contributed by atoms with Gasteiger partial charge in [-0.2, -0.15) is 0 Å². The van der Waals surface area contributed by atoms with E-state index >= 15 is 0 Å². The molecule has 0 amide bonds. The van der Waals surface area contributed by atoms with Gasteiger partial charge in [0.25, 0.3) is 0 Å². The monoisotopic (exact) mass is 270 g/mol. The Labute approximate surface area is 118 Å². The van der Waals surface area contributed by atoms with E-state index in [1.807, 2.05) is 30.3 Å². The molecule has 0 spiro atoms. The minimum Gasteiger partial charge on any atom is -0.303 e. The van der Waals surface area contributed by atoms with Crippen molar-refractivity contribution in [3.05, 3.63) is 70.2 Å². The molecule has 1 aliphatic carbocycles. The summed E-state index contributed by atoms with van der Waals surface area (Å²) in [6.45, 7) is 0. The van der Waals surface area contributed by atoms with Crippen LogP contribution in [0.15, 0.2) is 48.5 Å². The fourth-order valence-corrected chi connectivity index (χ4v) is 3.28. The van der Waals surface area contributed by atoms with Crippen LogP contribution in [0.3, 0.4) is 0 Å². The van der Waals surface area contributed by atoms with Gasteiger partial charge in [-0.15, -0.1) is 0 Å². The summed E-state index contributed by atoms with van der Waals surface area (Å²) in [5.74, 6) is 0.218. The predicted molar refractivity (Wildman–Crippen MR) is 77.6 cm³/mol. The first-order chi connectivity index (χ1) is 9.29. The van der Waals surface area contributed by atoms with E-state index in [1.54, 1.807) is 0 Å². The highest BCUT2D eigenvalue weighted by Gasteiger charge is 2.30. The third-order valence-corrected chi connectivity index (χ3v) is 4.35. The first kappa shape index (κ1) is 12.4. The highest BCUT2D eigenvalue weighted by Crippen LogP contribution is 2.38. The summed E-state index contributed by atoms with van der Waals surface area (Å²) in [5, 5.41) is 0.763. The van der Waals surface area contributed by atoms with Crippen molar-refractivity contribution in [3.8, 4) is 0 Å². The van der Waals surface area contributed by atoms with Gasteiger partial charge >= 0.3 is 0 Å². The second kappa shape index (κ2) is 5.18. The Bertz CT molecular complexity index is 606. The van der Waals surface area contributed by atoms with Crippen molar-refractivity contribution in [2.45, 2.75) is 18.8 Å². The zero-order valence-electron chi connectivity index (χ0n) is 10.6. The average Bonchev–Trinajstić information content (AvgIpc) is 2.46. The van der Waals surface area contributed by atoms with E-state index in [0.29, 0.717) is 0 Å². The average molecular weight is 271 g/mol. The van der Waals surface area contributed by atoms with Gasteiger partial charge in [-0.05, 0) is 41.5 Å². The molecule has 0 bridgehead atoms. The molecule has 0 radical (unpaired) electrons. The van der Waals surface area contributed by atoms with Gasteiger partial charge in [0.2, 0.25) is 0 Å². The van der Waals surface area contributed by atoms with Crippen LogP contribution < -0.4 is 0 Å².